The van der Waals surface area contributed by atoms with E-state index in [1.165, 1.54) is 12.8 Å². The molecular weight excluding hydrogens is 342 g/mol. The van der Waals surface area contributed by atoms with Gasteiger partial charge in [-0.15, -0.1) is 20.4 Å². The van der Waals surface area contributed by atoms with Gasteiger partial charge in [-0.3, -0.25) is 4.79 Å². The molecule has 146 valence electrons. The average molecular weight is 371 g/mol. The van der Waals surface area contributed by atoms with Crippen LogP contribution in [0.4, 0.5) is 0 Å². The molecule has 1 N–H and O–H groups in total. The van der Waals surface area contributed by atoms with Crippen molar-refractivity contribution in [1.82, 2.24) is 25.7 Å². The van der Waals surface area contributed by atoms with E-state index in [0.717, 1.165) is 24.2 Å². The fraction of sp³-hybridized carbons (Fsp3) is 0.550. The molecule has 0 saturated carbocycles. The van der Waals surface area contributed by atoms with Crippen LogP contribution in [0.1, 0.15) is 50.9 Å². The number of amides is 1. The molecule has 1 unspecified atom stereocenters. The molecule has 1 aromatic heterocycles. The van der Waals surface area contributed by atoms with Crippen LogP contribution in [0.2, 0.25) is 0 Å². The lowest BCUT2D eigenvalue weighted by Gasteiger charge is -2.10. The van der Waals surface area contributed by atoms with Crippen molar-refractivity contribution >= 4 is 5.91 Å². The third-order valence-electron chi connectivity index (χ3n) is 4.29. The Balaban J connectivity index is 1.65. The van der Waals surface area contributed by atoms with Gasteiger partial charge in [0, 0.05) is 25.1 Å². The molecule has 1 atom stereocenters. The second-order valence-corrected chi connectivity index (χ2v) is 6.79. The molecule has 0 aliphatic heterocycles. The molecule has 7 heteroatoms. The van der Waals surface area contributed by atoms with Crippen LogP contribution in [-0.4, -0.2) is 39.5 Å². The highest BCUT2D eigenvalue weighted by Gasteiger charge is 2.05. The van der Waals surface area contributed by atoms with Crippen molar-refractivity contribution in [3.8, 4) is 11.4 Å². The van der Waals surface area contributed by atoms with Crippen LogP contribution in [0.15, 0.2) is 24.3 Å². The van der Waals surface area contributed by atoms with Crippen LogP contribution in [0.25, 0.3) is 11.4 Å². The first-order valence-corrected chi connectivity index (χ1v) is 9.56. The van der Waals surface area contributed by atoms with E-state index >= 15 is 0 Å². The number of aryl methyl sites for hydroxylation is 1. The lowest BCUT2D eigenvalue weighted by molar-refractivity contribution is -0.122. The summed E-state index contributed by atoms with van der Waals surface area (Å²) in [5.74, 6) is 1.71. The number of carbonyl (C=O) groups excluding carboxylic acids is 1. The minimum absolute atomic E-state index is 0.00375. The highest BCUT2D eigenvalue weighted by molar-refractivity contribution is 5.75. The van der Waals surface area contributed by atoms with Crippen LogP contribution < -0.4 is 5.32 Å². The van der Waals surface area contributed by atoms with Gasteiger partial charge in [0.2, 0.25) is 11.7 Å². The Bertz CT molecular complexity index is 689. The molecule has 27 heavy (non-hydrogen) atoms. The van der Waals surface area contributed by atoms with Gasteiger partial charge < -0.3 is 10.1 Å². The van der Waals surface area contributed by atoms with Crippen LogP contribution in [0.3, 0.4) is 0 Å². The molecule has 2 rings (SSSR count). The van der Waals surface area contributed by atoms with Gasteiger partial charge in [0.25, 0.3) is 0 Å². The van der Waals surface area contributed by atoms with Crippen molar-refractivity contribution in [3.63, 3.8) is 0 Å². The molecule has 0 bridgehead atoms. The third-order valence-corrected chi connectivity index (χ3v) is 4.29. The minimum Gasteiger partial charge on any atom is -0.381 e. The van der Waals surface area contributed by atoms with Gasteiger partial charge in [-0.2, -0.15) is 0 Å². The number of nitrogens with zero attached hydrogens (tertiary/aromatic N) is 4. The van der Waals surface area contributed by atoms with Gasteiger partial charge in [0.05, 0.1) is 6.61 Å². The van der Waals surface area contributed by atoms with Gasteiger partial charge in [-0.25, -0.2) is 0 Å². The molecule has 1 aromatic carbocycles. The molecule has 0 aliphatic rings. The summed E-state index contributed by atoms with van der Waals surface area (Å²) in [5.41, 5.74) is 1.85. The number of hydrogen-bond donors (Lipinski definition) is 1. The highest BCUT2D eigenvalue weighted by atomic mass is 16.5. The smallest absolute Gasteiger partial charge is 0.222 e. The standard InChI is InChI=1S/C20H29N5O2/c1-4-5-15(2)10-12-27-13-11-19(26)21-14-17-6-8-18(9-7-17)20-24-22-16(3)23-25-20/h6-9,15H,4-5,10-14H2,1-3H3,(H,21,26). The zero-order valence-electron chi connectivity index (χ0n) is 16.4. The summed E-state index contributed by atoms with van der Waals surface area (Å²) in [6.45, 7) is 7.85. The SMILES string of the molecule is CCCC(C)CCOCCC(=O)NCc1ccc(-c2nnc(C)nn2)cc1. The summed E-state index contributed by atoms with van der Waals surface area (Å²) < 4.78 is 5.56. The van der Waals surface area contributed by atoms with Gasteiger partial charge in [0.1, 0.15) is 0 Å². The lowest BCUT2D eigenvalue weighted by atomic mass is 10.0. The Morgan fingerprint density at radius 1 is 1.07 bits per heavy atom. The Morgan fingerprint density at radius 3 is 2.44 bits per heavy atom. The van der Waals surface area contributed by atoms with Crippen molar-refractivity contribution in [1.29, 1.82) is 0 Å². The maximum Gasteiger partial charge on any atom is 0.222 e. The fourth-order valence-corrected chi connectivity index (χ4v) is 2.64. The Hall–Kier alpha value is -2.41. The largest absolute Gasteiger partial charge is 0.381 e. The molecule has 0 radical (unpaired) electrons. The topological polar surface area (TPSA) is 89.9 Å². The van der Waals surface area contributed by atoms with Gasteiger partial charge in [-0.1, -0.05) is 51.0 Å². The lowest BCUT2D eigenvalue weighted by Crippen LogP contribution is -2.24. The van der Waals surface area contributed by atoms with E-state index in [1.54, 1.807) is 6.92 Å². The van der Waals surface area contributed by atoms with Gasteiger partial charge in [0.15, 0.2) is 5.82 Å². The highest BCUT2D eigenvalue weighted by Crippen LogP contribution is 2.14. The predicted molar refractivity (Wildman–Crippen MR) is 104 cm³/mol. The molecule has 0 aliphatic carbocycles. The first-order chi connectivity index (χ1) is 13.1. The van der Waals surface area contributed by atoms with Crippen molar-refractivity contribution in [2.45, 2.75) is 53.0 Å². The van der Waals surface area contributed by atoms with Crippen LogP contribution in [0, 0.1) is 12.8 Å². The number of nitrogens with one attached hydrogen (secondary N) is 1. The number of hydrogen-bond acceptors (Lipinski definition) is 6. The summed E-state index contributed by atoms with van der Waals surface area (Å²) in [6.07, 6.45) is 3.87. The predicted octanol–water partition coefficient (Wildman–Crippen LogP) is 3.09. The Labute approximate surface area is 161 Å². The Morgan fingerprint density at radius 2 is 1.78 bits per heavy atom. The molecule has 0 saturated heterocycles. The van der Waals surface area contributed by atoms with Gasteiger partial charge >= 0.3 is 0 Å². The normalized spacial score (nSPS) is 12.0. The Kier molecular flexibility index (Phi) is 8.77. The molecule has 1 heterocycles. The molecule has 1 amide bonds. The maximum absolute atomic E-state index is 11.9. The van der Waals surface area contributed by atoms with E-state index in [0.29, 0.717) is 37.1 Å². The summed E-state index contributed by atoms with van der Waals surface area (Å²) in [6, 6.07) is 7.67. The molecule has 7 nitrogen and oxygen atoms in total. The van der Waals surface area contributed by atoms with Crippen LogP contribution in [-0.2, 0) is 16.1 Å². The number of benzene rings is 1. The second-order valence-electron chi connectivity index (χ2n) is 6.79. The fourth-order valence-electron chi connectivity index (χ4n) is 2.64. The van der Waals surface area contributed by atoms with Gasteiger partial charge in [-0.05, 0) is 24.8 Å². The monoisotopic (exact) mass is 371 g/mol. The summed E-state index contributed by atoms with van der Waals surface area (Å²) in [7, 11) is 0. The average Bonchev–Trinajstić information content (AvgIpc) is 2.67. The van der Waals surface area contributed by atoms with E-state index in [1.807, 2.05) is 24.3 Å². The van der Waals surface area contributed by atoms with Crippen molar-refractivity contribution in [2.75, 3.05) is 13.2 Å². The minimum atomic E-state index is -0.00375. The van der Waals surface area contributed by atoms with Crippen molar-refractivity contribution in [2.24, 2.45) is 5.92 Å². The first kappa shape index (κ1) is 20.9. The summed E-state index contributed by atoms with van der Waals surface area (Å²) >= 11 is 0. The first-order valence-electron chi connectivity index (χ1n) is 9.56. The van der Waals surface area contributed by atoms with Crippen molar-refractivity contribution < 1.29 is 9.53 Å². The number of aromatic nitrogens is 4. The second kappa shape index (κ2) is 11.3. The maximum atomic E-state index is 11.9. The molecule has 0 fully saturated rings. The molecule has 2 aromatic rings. The third kappa shape index (κ3) is 7.78. The zero-order chi connectivity index (χ0) is 19.5. The number of carbonyl (C=O) groups is 1. The van der Waals surface area contributed by atoms with E-state index < -0.39 is 0 Å². The van der Waals surface area contributed by atoms with Crippen LogP contribution in [0.5, 0.6) is 0 Å². The van der Waals surface area contributed by atoms with E-state index in [4.69, 9.17) is 4.74 Å². The number of rotatable bonds is 11. The number of ether oxygens (including phenoxy) is 1. The van der Waals surface area contributed by atoms with E-state index in [9.17, 15) is 4.79 Å². The van der Waals surface area contributed by atoms with Crippen LogP contribution >= 0.6 is 0 Å². The quantitative estimate of drug-likeness (QED) is 0.611. The zero-order valence-corrected chi connectivity index (χ0v) is 16.4. The van der Waals surface area contributed by atoms with Crippen molar-refractivity contribution in [3.05, 3.63) is 35.7 Å². The summed E-state index contributed by atoms with van der Waals surface area (Å²) in [4.78, 5) is 11.9. The molecule has 0 spiro atoms. The molecular formula is C20H29N5O2. The summed E-state index contributed by atoms with van der Waals surface area (Å²) in [5, 5.41) is 18.8. The van der Waals surface area contributed by atoms with E-state index in [2.05, 4.69) is 39.6 Å². The van der Waals surface area contributed by atoms with E-state index in [-0.39, 0.29) is 5.91 Å².